The van der Waals surface area contributed by atoms with E-state index in [1.54, 1.807) is 25.1 Å². The molecular formula is C17H12Cl2O4. The van der Waals surface area contributed by atoms with Gasteiger partial charge in [-0.05, 0) is 30.2 Å². The highest BCUT2D eigenvalue weighted by atomic mass is 35.5. The second-order valence-electron chi connectivity index (χ2n) is 5.21. The number of aromatic hydroxyl groups is 2. The van der Waals surface area contributed by atoms with E-state index in [2.05, 4.69) is 0 Å². The number of rotatable bonds is 2. The largest absolute Gasteiger partial charge is 0.508 e. The molecule has 3 aromatic rings. The monoisotopic (exact) mass is 350 g/mol. The van der Waals surface area contributed by atoms with Crippen LogP contribution in [0.15, 0.2) is 39.5 Å². The van der Waals surface area contributed by atoms with Crippen LogP contribution in [0.25, 0.3) is 11.0 Å². The maximum Gasteiger partial charge on any atom is 0.340 e. The van der Waals surface area contributed by atoms with E-state index in [0.717, 1.165) is 0 Å². The van der Waals surface area contributed by atoms with Crippen molar-refractivity contribution in [2.75, 3.05) is 0 Å². The highest BCUT2D eigenvalue weighted by Gasteiger charge is 2.17. The van der Waals surface area contributed by atoms with Crippen LogP contribution in [0.3, 0.4) is 0 Å². The number of aryl methyl sites for hydroxylation is 1. The first-order chi connectivity index (χ1) is 10.9. The summed E-state index contributed by atoms with van der Waals surface area (Å²) in [5.41, 5.74) is 1.09. The molecule has 3 rings (SSSR count). The van der Waals surface area contributed by atoms with Crippen molar-refractivity contribution in [2.45, 2.75) is 13.3 Å². The predicted molar refractivity (Wildman–Crippen MR) is 89.8 cm³/mol. The van der Waals surface area contributed by atoms with Crippen molar-refractivity contribution in [3.63, 3.8) is 0 Å². The number of hydrogen-bond donors (Lipinski definition) is 2. The van der Waals surface area contributed by atoms with Crippen molar-refractivity contribution >= 4 is 34.2 Å². The Balaban J connectivity index is 2.25. The summed E-state index contributed by atoms with van der Waals surface area (Å²) in [6, 6.07) is 7.59. The lowest BCUT2D eigenvalue weighted by molar-refractivity contribution is 0.450. The normalized spacial score (nSPS) is 11.1. The maximum atomic E-state index is 12.3. The average Bonchev–Trinajstić information content (AvgIpc) is 2.44. The van der Waals surface area contributed by atoms with Crippen LogP contribution in [0.5, 0.6) is 11.5 Å². The van der Waals surface area contributed by atoms with E-state index in [-0.39, 0.29) is 23.5 Å². The summed E-state index contributed by atoms with van der Waals surface area (Å²) in [5.74, 6) is -0.341. The van der Waals surface area contributed by atoms with Crippen molar-refractivity contribution in [2.24, 2.45) is 0 Å². The number of phenols is 2. The molecular weight excluding hydrogens is 339 g/mol. The standard InChI is InChI=1S/C17H12Cl2O4/c1-8-10(7-11-12(18)3-2-4-13(11)19)17(22)23-15-6-9(20)5-14(21)16(8)15/h2-6,20-21H,7H2,1H3. The third-order valence-electron chi connectivity index (χ3n) is 3.76. The smallest absolute Gasteiger partial charge is 0.340 e. The molecule has 2 aromatic carbocycles. The van der Waals surface area contributed by atoms with Gasteiger partial charge in [0.1, 0.15) is 17.1 Å². The number of hydrogen-bond acceptors (Lipinski definition) is 4. The molecule has 0 aliphatic carbocycles. The van der Waals surface area contributed by atoms with Crippen LogP contribution in [0.4, 0.5) is 0 Å². The van der Waals surface area contributed by atoms with Gasteiger partial charge in [-0.3, -0.25) is 0 Å². The van der Waals surface area contributed by atoms with Crippen LogP contribution < -0.4 is 5.63 Å². The number of benzene rings is 2. The first kappa shape index (κ1) is 15.7. The van der Waals surface area contributed by atoms with Gasteiger partial charge < -0.3 is 14.6 Å². The van der Waals surface area contributed by atoms with E-state index in [9.17, 15) is 15.0 Å². The van der Waals surface area contributed by atoms with Crippen molar-refractivity contribution in [3.05, 3.63) is 67.5 Å². The Labute approximate surface area is 141 Å². The van der Waals surface area contributed by atoms with Crippen molar-refractivity contribution in [1.29, 1.82) is 0 Å². The average molecular weight is 351 g/mol. The molecule has 0 amide bonds. The highest BCUT2D eigenvalue weighted by molar-refractivity contribution is 6.36. The molecule has 6 heteroatoms. The van der Waals surface area contributed by atoms with Crippen LogP contribution in [0.2, 0.25) is 10.0 Å². The molecule has 0 saturated heterocycles. The Hall–Kier alpha value is -2.17. The summed E-state index contributed by atoms with van der Waals surface area (Å²) in [4.78, 5) is 12.3. The van der Waals surface area contributed by atoms with Gasteiger partial charge in [0.2, 0.25) is 0 Å². The summed E-state index contributed by atoms with van der Waals surface area (Å²) in [7, 11) is 0. The summed E-state index contributed by atoms with van der Waals surface area (Å²) >= 11 is 12.3. The molecule has 118 valence electrons. The Kier molecular flexibility index (Phi) is 3.96. The predicted octanol–water partition coefficient (Wildman–Crippen LogP) is 4.41. The van der Waals surface area contributed by atoms with Crippen LogP contribution in [-0.4, -0.2) is 10.2 Å². The summed E-state index contributed by atoms with van der Waals surface area (Å²) in [6.45, 7) is 1.70. The van der Waals surface area contributed by atoms with Crippen molar-refractivity contribution in [1.82, 2.24) is 0 Å². The van der Waals surface area contributed by atoms with E-state index in [1.165, 1.54) is 12.1 Å². The molecule has 4 nitrogen and oxygen atoms in total. The van der Waals surface area contributed by atoms with Gasteiger partial charge in [0, 0.05) is 34.2 Å². The summed E-state index contributed by atoms with van der Waals surface area (Å²) in [6.07, 6.45) is 0.183. The molecule has 1 heterocycles. The zero-order valence-electron chi connectivity index (χ0n) is 12.1. The van der Waals surface area contributed by atoms with Gasteiger partial charge in [-0.1, -0.05) is 29.3 Å². The molecule has 0 saturated carbocycles. The zero-order valence-corrected chi connectivity index (χ0v) is 13.6. The highest BCUT2D eigenvalue weighted by Crippen LogP contribution is 2.34. The van der Waals surface area contributed by atoms with Gasteiger partial charge >= 0.3 is 5.63 Å². The van der Waals surface area contributed by atoms with Gasteiger partial charge in [-0.25, -0.2) is 4.79 Å². The molecule has 0 atom stereocenters. The molecule has 2 N–H and O–H groups in total. The Morgan fingerprint density at radius 2 is 1.74 bits per heavy atom. The minimum atomic E-state index is -0.559. The summed E-state index contributed by atoms with van der Waals surface area (Å²) < 4.78 is 5.23. The molecule has 0 bridgehead atoms. The topological polar surface area (TPSA) is 70.7 Å². The van der Waals surface area contributed by atoms with Gasteiger partial charge in [-0.2, -0.15) is 0 Å². The molecule has 0 radical (unpaired) electrons. The second kappa shape index (κ2) is 5.80. The fraction of sp³-hybridized carbons (Fsp3) is 0.118. The van der Waals surface area contributed by atoms with E-state index >= 15 is 0 Å². The third-order valence-corrected chi connectivity index (χ3v) is 4.47. The molecule has 0 aliphatic heterocycles. The molecule has 0 spiro atoms. The van der Waals surface area contributed by atoms with Crippen molar-refractivity contribution in [3.8, 4) is 11.5 Å². The van der Waals surface area contributed by atoms with E-state index < -0.39 is 5.63 Å². The summed E-state index contributed by atoms with van der Waals surface area (Å²) in [5, 5.41) is 20.8. The molecule has 23 heavy (non-hydrogen) atoms. The number of fused-ring (bicyclic) bond motifs is 1. The molecule has 0 fully saturated rings. The maximum absolute atomic E-state index is 12.3. The van der Waals surface area contributed by atoms with Crippen LogP contribution in [0, 0.1) is 6.92 Å². The second-order valence-corrected chi connectivity index (χ2v) is 6.02. The molecule has 0 aliphatic rings. The number of phenolic OH excluding ortho intramolecular Hbond substituents is 2. The zero-order chi connectivity index (χ0) is 16.7. The third kappa shape index (κ3) is 2.76. The molecule has 1 aromatic heterocycles. The Morgan fingerprint density at radius 1 is 1.09 bits per heavy atom. The van der Waals surface area contributed by atoms with Gasteiger partial charge in [-0.15, -0.1) is 0 Å². The van der Waals surface area contributed by atoms with Crippen molar-refractivity contribution < 1.29 is 14.6 Å². The SMILES string of the molecule is Cc1c(Cc2c(Cl)cccc2Cl)c(=O)oc2cc(O)cc(O)c12. The Bertz CT molecular complexity index is 956. The van der Waals surface area contributed by atoms with E-state index in [0.29, 0.717) is 32.1 Å². The van der Waals surface area contributed by atoms with Crippen LogP contribution in [0.1, 0.15) is 16.7 Å². The van der Waals surface area contributed by atoms with Gasteiger partial charge in [0.25, 0.3) is 0 Å². The van der Waals surface area contributed by atoms with E-state index in [1.807, 2.05) is 0 Å². The number of halogens is 2. The lowest BCUT2D eigenvalue weighted by Crippen LogP contribution is -2.11. The van der Waals surface area contributed by atoms with E-state index in [4.69, 9.17) is 27.6 Å². The first-order valence-corrected chi connectivity index (χ1v) is 7.55. The quantitative estimate of drug-likeness (QED) is 0.671. The fourth-order valence-corrected chi connectivity index (χ4v) is 3.12. The minimum Gasteiger partial charge on any atom is -0.508 e. The van der Waals surface area contributed by atoms with Crippen LogP contribution >= 0.6 is 23.2 Å². The first-order valence-electron chi connectivity index (χ1n) is 6.79. The Morgan fingerprint density at radius 3 is 2.39 bits per heavy atom. The lowest BCUT2D eigenvalue weighted by atomic mass is 9.99. The van der Waals surface area contributed by atoms with Gasteiger partial charge in [0.15, 0.2) is 0 Å². The molecule has 0 unspecified atom stereocenters. The van der Waals surface area contributed by atoms with Crippen LogP contribution in [-0.2, 0) is 6.42 Å². The fourth-order valence-electron chi connectivity index (χ4n) is 2.59. The lowest BCUT2D eigenvalue weighted by Gasteiger charge is -2.11. The minimum absolute atomic E-state index is 0.124. The van der Waals surface area contributed by atoms with Gasteiger partial charge in [0.05, 0.1) is 5.39 Å².